The average Bonchev–Trinajstić information content (AvgIpc) is 1.65. The first-order valence-corrected chi connectivity index (χ1v) is 1.87. The monoisotopic (exact) mass is 138 g/mol. The third-order valence-corrected chi connectivity index (χ3v) is 0.129. The maximum absolute atomic E-state index is 9.34. The van der Waals surface area contributed by atoms with Crippen LogP contribution in [0.25, 0.3) is 0 Å². The molecule has 0 aromatic heterocycles. The molecule has 0 fully saturated rings. The molecule has 9 heavy (non-hydrogen) atoms. The standard InChI is InChI=1S/C2H4O3.BH3O3/c1-2(3)5-4;2-1(3)4/h4H,1H3;2-4H. The summed E-state index contributed by atoms with van der Waals surface area (Å²) in [5.74, 6) is -0.690. The van der Waals surface area contributed by atoms with E-state index in [1.165, 1.54) is 0 Å². The molecule has 0 aliphatic heterocycles. The van der Waals surface area contributed by atoms with Gasteiger partial charge in [0, 0.05) is 6.92 Å². The maximum atomic E-state index is 9.34. The zero-order chi connectivity index (χ0) is 7.86. The van der Waals surface area contributed by atoms with Gasteiger partial charge in [0.05, 0.1) is 0 Å². The van der Waals surface area contributed by atoms with Crippen LogP contribution in [0.15, 0.2) is 0 Å². The maximum Gasteiger partial charge on any atom is 0.631 e. The second-order valence-corrected chi connectivity index (χ2v) is 0.929. The third-order valence-electron chi connectivity index (χ3n) is 0.129. The first-order chi connectivity index (χ1) is 4.00. The molecule has 0 aliphatic carbocycles. The molecular formula is C2H7BO6. The van der Waals surface area contributed by atoms with Gasteiger partial charge in [-0.15, -0.1) is 0 Å². The fraction of sp³-hybridized carbons (Fsp3) is 0.500. The highest BCUT2D eigenvalue weighted by Gasteiger charge is 1.92. The fourth-order valence-corrected chi connectivity index (χ4v) is 0. The summed E-state index contributed by atoms with van der Waals surface area (Å²) < 4.78 is 0. The molecule has 0 amide bonds. The molecular weight excluding hydrogens is 131 g/mol. The second-order valence-electron chi connectivity index (χ2n) is 0.929. The van der Waals surface area contributed by atoms with Crippen LogP contribution in [0, 0.1) is 0 Å². The minimum absolute atomic E-state index is 0.690. The van der Waals surface area contributed by atoms with Crippen molar-refractivity contribution >= 4 is 13.3 Å². The van der Waals surface area contributed by atoms with E-state index in [1.54, 1.807) is 0 Å². The highest BCUT2D eigenvalue weighted by molar-refractivity contribution is 6.30. The quantitative estimate of drug-likeness (QED) is 0.174. The lowest BCUT2D eigenvalue weighted by atomic mass is 10.3. The third kappa shape index (κ3) is 113. The molecule has 0 spiro atoms. The van der Waals surface area contributed by atoms with Gasteiger partial charge in [0.15, 0.2) is 0 Å². The molecule has 4 N–H and O–H groups in total. The molecule has 0 aromatic rings. The van der Waals surface area contributed by atoms with Gasteiger partial charge in [-0.25, -0.2) is 4.79 Å². The van der Waals surface area contributed by atoms with Gasteiger partial charge in [0.2, 0.25) is 0 Å². The molecule has 0 saturated heterocycles. The number of hydrogen-bond donors (Lipinski definition) is 4. The zero-order valence-corrected chi connectivity index (χ0v) is 4.68. The highest BCUT2D eigenvalue weighted by atomic mass is 17.1. The number of rotatable bonds is 0. The molecule has 54 valence electrons. The van der Waals surface area contributed by atoms with Crippen LogP contribution in [0.4, 0.5) is 0 Å². The summed E-state index contributed by atoms with van der Waals surface area (Å²) in [6.07, 6.45) is 0. The molecule has 0 heterocycles. The Morgan fingerprint density at radius 3 is 1.56 bits per heavy atom. The summed E-state index contributed by atoms with van der Waals surface area (Å²) in [5, 5.41) is 28.8. The number of hydrogen-bond acceptors (Lipinski definition) is 6. The molecule has 0 unspecified atom stereocenters. The Hall–Kier alpha value is -0.625. The fourth-order valence-electron chi connectivity index (χ4n) is 0. The van der Waals surface area contributed by atoms with Crippen molar-refractivity contribution in [3.8, 4) is 0 Å². The molecule has 0 aromatic carbocycles. The predicted molar refractivity (Wildman–Crippen MR) is 26.8 cm³/mol. The van der Waals surface area contributed by atoms with Crippen LogP contribution in [0.1, 0.15) is 6.92 Å². The van der Waals surface area contributed by atoms with Crippen LogP contribution in [0.3, 0.4) is 0 Å². The molecule has 7 heteroatoms. The van der Waals surface area contributed by atoms with Crippen molar-refractivity contribution in [1.82, 2.24) is 0 Å². The minimum Gasteiger partial charge on any atom is -0.402 e. The zero-order valence-electron chi connectivity index (χ0n) is 4.68. The van der Waals surface area contributed by atoms with Gasteiger partial charge < -0.3 is 20.0 Å². The minimum atomic E-state index is -2.17. The van der Waals surface area contributed by atoms with Crippen molar-refractivity contribution in [2.24, 2.45) is 0 Å². The van der Waals surface area contributed by atoms with E-state index in [0.29, 0.717) is 0 Å². The lowest BCUT2D eigenvalue weighted by molar-refractivity contribution is -0.231. The first kappa shape index (κ1) is 11.2. The van der Waals surface area contributed by atoms with E-state index in [-0.39, 0.29) is 0 Å². The Kier molecular flexibility index (Phi) is 9.18. The molecule has 0 bridgehead atoms. The Morgan fingerprint density at radius 2 is 1.56 bits per heavy atom. The Bertz CT molecular complexity index is 68.7. The van der Waals surface area contributed by atoms with Gasteiger partial charge >= 0.3 is 13.3 Å². The van der Waals surface area contributed by atoms with Crippen molar-refractivity contribution in [2.75, 3.05) is 0 Å². The number of carbonyl (C=O) groups excluding carboxylic acids is 1. The Balaban J connectivity index is 0. The van der Waals surface area contributed by atoms with Crippen molar-refractivity contribution in [2.45, 2.75) is 6.92 Å². The van der Waals surface area contributed by atoms with Gasteiger partial charge in [-0.2, -0.15) is 5.26 Å². The van der Waals surface area contributed by atoms with E-state index in [4.69, 9.17) is 20.3 Å². The molecule has 0 atom stereocenters. The van der Waals surface area contributed by atoms with E-state index in [2.05, 4.69) is 4.89 Å². The van der Waals surface area contributed by atoms with Gasteiger partial charge in [0.25, 0.3) is 0 Å². The number of carbonyl (C=O) groups is 1. The van der Waals surface area contributed by atoms with E-state index < -0.39 is 13.3 Å². The summed E-state index contributed by atoms with van der Waals surface area (Å²) >= 11 is 0. The molecule has 0 radical (unpaired) electrons. The van der Waals surface area contributed by atoms with Gasteiger partial charge in [-0.1, -0.05) is 0 Å². The first-order valence-electron chi connectivity index (χ1n) is 1.87. The van der Waals surface area contributed by atoms with E-state index in [1.807, 2.05) is 0 Å². The van der Waals surface area contributed by atoms with Gasteiger partial charge in [-0.3, -0.25) is 0 Å². The van der Waals surface area contributed by atoms with Crippen molar-refractivity contribution in [3.63, 3.8) is 0 Å². The SMILES string of the molecule is CC(=O)OO.OB(O)O. The normalized spacial score (nSPS) is 6.78. The summed E-state index contributed by atoms with van der Waals surface area (Å²) in [6, 6.07) is 0. The summed E-state index contributed by atoms with van der Waals surface area (Å²) in [7, 11) is -2.17. The summed E-state index contributed by atoms with van der Waals surface area (Å²) in [4.78, 5) is 12.5. The smallest absolute Gasteiger partial charge is 0.402 e. The summed E-state index contributed by atoms with van der Waals surface area (Å²) in [6.45, 7) is 1.11. The van der Waals surface area contributed by atoms with Crippen molar-refractivity contribution in [3.05, 3.63) is 0 Å². The Morgan fingerprint density at radius 1 is 1.44 bits per heavy atom. The van der Waals surface area contributed by atoms with Crippen LogP contribution in [0.2, 0.25) is 0 Å². The molecule has 0 saturated carbocycles. The largest absolute Gasteiger partial charge is 0.631 e. The van der Waals surface area contributed by atoms with Crippen LogP contribution in [0.5, 0.6) is 0 Å². The van der Waals surface area contributed by atoms with E-state index >= 15 is 0 Å². The van der Waals surface area contributed by atoms with Crippen LogP contribution in [-0.4, -0.2) is 33.6 Å². The molecule has 0 rings (SSSR count). The van der Waals surface area contributed by atoms with E-state index in [9.17, 15) is 4.79 Å². The lowest BCUT2D eigenvalue weighted by Gasteiger charge is -1.76. The molecule has 0 aliphatic rings. The van der Waals surface area contributed by atoms with Crippen LogP contribution in [-0.2, 0) is 9.68 Å². The predicted octanol–water partition coefficient (Wildman–Crippen LogP) is -2.03. The van der Waals surface area contributed by atoms with Crippen LogP contribution < -0.4 is 0 Å². The second kappa shape index (κ2) is 7.37. The highest BCUT2D eigenvalue weighted by Crippen LogP contribution is 1.59. The Labute approximate surface area is 51.4 Å². The van der Waals surface area contributed by atoms with Crippen molar-refractivity contribution in [1.29, 1.82) is 0 Å². The van der Waals surface area contributed by atoms with Crippen molar-refractivity contribution < 1.29 is 30.0 Å². The lowest BCUT2D eigenvalue weighted by Crippen LogP contribution is -2.07. The van der Waals surface area contributed by atoms with Gasteiger partial charge in [0.1, 0.15) is 0 Å². The molecule has 6 nitrogen and oxygen atoms in total. The van der Waals surface area contributed by atoms with Gasteiger partial charge in [-0.05, 0) is 0 Å². The average molecular weight is 138 g/mol. The summed E-state index contributed by atoms with van der Waals surface area (Å²) in [5.41, 5.74) is 0. The van der Waals surface area contributed by atoms with Crippen LogP contribution >= 0.6 is 0 Å². The van der Waals surface area contributed by atoms with E-state index in [0.717, 1.165) is 6.92 Å². The topological polar surface area (TPSA) is 107 Å².